The fourth-order valence-electron chi connectivity index (χ4n) is 6.09. The highest BCUT2D eigenvalue weighted by Gasteiger charge is 2.76. The molecule has 3 amide bonds. The Bertz CT molecular complexity index is 1190. The van der Waals surface area contributed by atoms with Crippen molar-refractivity contribution in [1.82, 2.24) is 4.90 Å². The van der Waals surface area contributed by atoms with E-state index >= 15 is 0 Å². The molecule has 3 heterocycles. The molecule has 3 N–H and O–H groups in total. The van der Waals surface area contributed by atoms with Gasteiger partial charge in [0.25, 0.3) is 0 Å². The number of unbranched alkanes of at least 4 members (excludes halogenated alkanes) is 1. The predicted molar refractivity (Wildman–Crippen MR) is 144 cm³/mol. The Morgan fingerprint density at radius 1 is 1.14 bits per heavy atom. The van der Waals surface area contributed by atoms with Crippen LogP contribution in [-0.2, 0) is 19.1 Å². The van der Waals surface area contributed by atoms with Crippen LogP contribution >= 0.6 is 27.5 Å². The van der Waals surface area contributed by atoms with E-state index in [0.717, 1.165) is 5.56 Å². The number of aliphatic hydroxyl groups is 1. The van der Waals surface area contributed by atoms with Gasteiger partial charge in [-0.1, -0.05) is 57.9 Å². The van der Waals surface area contributed by atoms with E-state index in [1.807, 2.05) is 31.2 Å². The number of anilines is 2. The molecule has 1 spiro atoms. The number of carbonyl (C=O) groups excluding carboxylic acids is 3. The van der Waals surface area contributed by atoms with Crippen molar-refractivity contribution in [3.63, 3.8) is 0 Å². The molecule has 3 unspecified atom stereocenters. The number of fused-ring (bicyclic) bond motifs is 1. The van der Waals surface area contributed by atoms with Gasteiger partial charge in [-0.05, 0) is 49.9 Å². The normalized spacial score (nSPS) is 29.9. The highest BCUT2D eigenvalue weighted by molar-refractivity contribution is 9.09. The minimum atomic E-state index is -1.16. The molecule has 0 aromatic heterocycles. The van der Waals surface area contributed by atoms with E-state index in [-0.39, 0.29) is 29.8 Å². The summed E-state index contributed by atoms with van der Waals surface area (Å²) in [6, 6.07) is 13.5. The Morgan fingerprint density at radius 2 is 1.89 bits per heavy atom. The fourth-order valence-corrected chi connectivity index (χ4v) is 7.30. The van der Waals surface area contributed by atoms with E-state index in [9.17, 15) is 19.5 Å². The van der Waals surface area contributed by atoms with Gasteiger partial charge in [0.2, 0.25) is 17.7 Å². The lowest BCUT2D eigenvalue weighted by molar-refractivity contribution is -0.139. The number of aryl methyl sites for hydroxylation is 1. The number of nitrogens with one attached hydrogen (secondary N) is 2. The van der Waals surface area contributed by atoms with Crippen LogP contribution < -0.4 is 10.6 Å². The number of aliphatic hydroxyl groups excluding tert-OH is 1. The first-order valence-electron chi connectivity index (χ1n) is 12.4. The first-order valence-corrected chi connectivity index (χ1v) is 13.7. The van der Waals surface area contributed by atoms with Crippen molar-refractivity contribution in [3.05, 3.63) is 59.1 Å². The maximum absolute atomic E-state index is 13.9. The number of alkyl halides is 1. The highest BCUT2D eigenvalue weighted by Crippen LogP contribution is 2.60. The average Bonchev–Trinajstić information content (AvgIpc) is 3.46. The van der Waals surface area contributed by atoms with Crippen LogP contribution in [0.1, 0.15) is 24.8 Å². The molecule has 10 heteroatoms. The Kier molecular flexibility index (Phi) is 7.33. The largest absolute Gasteiger partial charge is 0.396 e. The van der Waals surface area contributed by atoms with Gasteiger partial charge in [0.1, 0.15) is 11.6 Å². The molecule has 6 atom stereocenters. The molecule has 2 aromatic carbocycles. The van der Waals surface area contributed by atoms with Crippen molar-refractivity contribution in [2.45, 2.75) is 48.8 Å². The summed E-state index contributed by atoms with van der Waals surface area (Å²) in [7, 11) is 0. The average molecular weight is 591 g/mol. The number of amides is 3. The first-order chi connectivity index (χ1) is 17.8. The number of nitrogens with zero attached hydrogens (tertiary/aromatic N) is 1. The SMILES string of the molecule is Cc1cccc(Cl)c1NC(=O)C1N(CCCCO)C(=O)[C@@H]2[C@H](C(=O)Nc3ccccc3)[C@H]3OC12CC3Br. The second kappa shape index (κ2) is 10.4. The molecule has 3 saturated heterocycles. The second-order valence-corrected chi connectivity index (χ2v) is 11.5. The van der Waals surface area contributed by atoms with Gasteiger partial charge in [-0.3, -0.25) is 14.4 Å². The van der Waals surface area contributed by atoms with Crippen molar-refractivity contribution in [1.29, 1.82) is 0 Å². The minimum absolute atomic E-state index is 0.0174. The Labute approximate surface area is 228 Å². The topological polar surface area (TPSA) is 108 Å². The Balaban J connectivity index is 1.50. The van der Waals surface area contributed by atoms with Gasteiger partial charge in [-0.15, -0.1) is 0 Å². The third kappa shape index (κ3) is 4.46. The molecule has 3 fully saturated rings. The number of hydrogen-bond acceptors (Lipinski definition) is 5. The summed E-state index contributed by atoms with van der Waals surface area (Å²) in [5.41, 5.74) is 0.746. The molecule has 196 valence electrons. The molecule has 2 aromatic rings. The first kappa shape index (κ1) is 26.2. The summed E-state index contributed by atoms with van der Waals surface area (Å²) in [5.74, 6) is -2.54. The lowest BCUT2D eigenvalue weighted by atomic mass is 9.70. The molecule has 3 aliphatic heterocycles. The zero-order valence-electron chi connectivity index (χ0n) is 20.3. The smallest absolute Gasteiger partial charge is 0.250 e. The van der Waals surface area contributed by atoms with Gasteiger partial charge >= 0.3 is 0 Å². The van der Waals surface area contributed by atoms with Crippen LogP contribution in [0.3, 0.4) is 0 Å². The third-order valence-electron chi connectivity index (χ3n) is 7.66. The van der Waals surface area contributed by atoms with Gasteiger partial charge in [-0.25, -0.2) is 0 Å². The number of para-hydroxylation sites is 2. The molecule has 8 nitrogen and oxygen atoms in total. The van der Waals surface area contributed by atoms with Crippen molar-refractivity contribution in [2.24, 2.45) is 11.8 Å². The van der Waals surface area contributed by atoms with E-state index in [2.05, 4.69) is 26.6 Å². The number of halogens is 2. The standard InChI is InChI=1S/C27H29BrClN3O5/c1-15-8-7-11-18(29)21(15)31-25(35)23-27-14-17(28)22(37-27)19(24(34)30-16-9-3-2-4-10-16)20(27)26(36)32(23)12-5-6-13-33/h2-4,7-11,17,19-20,22-23,33H,5-6,12-14H2,1H3,(H,30,34)(H,31,35)/t17?,19-,20-,22-,23?,27?/m0/s1. The molecule has 3 aliphatic rings. The molecule has 0 saturated carbocycles. The molecule has 37 heavy (non-hydrogen) atoms. The van der Waals surface area contributed by atoms with Crippen LogP contribution in [0.5, 0.6) is 0 Å². The summed E-state index contributed by atoms with van der Waals surface area (Å²) in [4.78, 5) is 42.7. The summed E-state index contributed by atoms with van der Waals surface area (Å²) >= 11 is 10.1. The van der Waals surface area contributed by atoms with Crippen molar-refractivity contribution >= 4 is 56.6 Å². The van der Waals surface area contributed by atoms with E-state index < -0.39 is 35.5 Å². The number of likely N-dealkylation sites (tertiary alicyclic amines) is 1. The van der Waals surface area contributed by atoms with Gasteiger partial charge in [0.05, 0.1) is 28.6 Å². The molecular formula is C27H29BrClN3O5. The van der Waals surface area contributed by atoms with Crippen LogP contribution in [0.25, 0.3) is 0 Å². The van der Waals surface area contributed by atoms with Gasteiger partial charge < -0.3 is 25.4 Å². The van der Waals surface area contributed by atoms with E-state index in [1.165, 1.54) is 4.90 Å². The van der Waals surface area contributed by atoms with Crippen molar-refractivity contribution < 1.29 is 24.2 Å². The molecule has 2 bridgehead atoms. The Hall–Kier alpha value is -2.46. The molecule has 0 radical (unpaired) electrons. The zero-order valence-corrected chi connectivity index (χ0v) is 22.7. The van der Waals surface area contributed by atoms with Crippen molar-refractivity contribution in [2.75, 3.05) is 23.8 Å². The lowest BCUT2D eigenvalue weighted by Gasteiger charge is -2.34. The summed E-state index contributed by atoms with van der Waals surface area (Å²) in [5, 5.41) is 15.6. The zero-order chi connectivity index (χ0) is 26.3. The number of rotatable bonds is 8. The predicted octanol–water partition coefficient (Wildman–Crippen LogP) is 3.75. The Morgan fingerprint density at radius 3 is 2.59 bits per heavy atom. The fraction of sp³-hybridized carbons (Fsp3) is 0.444. The minimum Gasteiger partial charge on any atom is -0.396 e. The number of ether oxygens (including phenoxy) is 1. The van der Waals surface area contributed by atoms with Gasteiger partial charge in [0, 0.05) is 23.7 Å². The number of hydrogen-bond donors (Lipinski definition) is 3. The maximum Gasteiger partial charge on any atom is 0.250 e. The van der Waals surface area contributed by atoms with Gasteiger partial charge in [-0.2, -0.15) is 0 Å². The quantitative estimate of drug-likeness (QED) is 0.321. The van der Waals surface area contributed by atoms with Crippen LogP contribution in [0, 0.1) is 18.8 Å². The third-order valence-corrected chi connectivity index (χ3v) is 8.82. The number of benzene rings is 2. The van der Waals surface area contributed by atoms with Gasteiger partial charge in [0.15, 0.2) is 0 Å². The maximum atomic E-state index is 13.9. The van der Waals surface area contributed by atoms with E-state index in [1.54, 1.807) is 24.3 Å². The van der Waals surface area contributed by atoms with Crippen LogP contribution in [0.2, 0.25) is 5.02 Å². The highest BCUT2D eigenvalue weighted by atomic mass is 79.9. The van der Waals surface area contributed by atoms with E-state index in [4.69, 9.17) is 16.3 Å². The summed E-state index contributed by atoms with van der Waals surface area (Å²) < 4.78 is 6.49. The lowest BCUT2D eigenvalue weighted by Crippen LogP contribution is -2.54. The monoisotopic (exact) mass is 589 g/mol. The van der Waals surface area contributed by atoms with E-state index in [0.29, 0.717) is 35.7 Å². The van der Waals surface area contributed by atoms with Crippen LogP contribution in [0.4, 0.5) is 11.4 Å². The molecular weight excluding hydrogens is 562 g/mol. The molecule has 5 rings (SSSR count). The second-order valence-electron chi connectivity index (χ2n) is 9.90. The number of carbonyl (C=O) groups is 3. The summed E-state index contributed by atoms with van der Waals surface area (Å²) in [6.45, 7) is 2.10. The summed E-state index contributed by atoms with van der Waals surface area (Å²) in [6.07, 6.45) is 0.873. The van der Waals surface area contributed by atoms with Crippen LogP contribution in [0.15, 0.2) is 48.5 Å². The molecule has 0 aliphatic carbocycles. The van der Waals surface area contributed by atoms with Crippen LogP contribution in [-0.4, -0.2) is 63.5 Å². The van der Waals surface area contributed by atoms with Crippen molar-refractivity contribution in [3.8, 4) is 0 Å².